The minimum Gasteiger partial charge on any atom is -0.502 e. The summed E-state index contributed by atoms with van der Waals surface area (Å²) in [6.07, 6.45) is 2.92. The quantitative estimate of drug-likeness (QED) is 0.617. The van der Waals surface area contributed by atoms with E-state index < -0.39 is 22.6 Å². The van der Waals surface area contributed by atoms with E-state index in [4.69, 9.17) is 11.6 Å². The van der Waals surface area contributed by atoms with Crippen molar-refractivity contribution < 1.29 is 14.3 Å². The molecule has 0 fully saturated rings. The van der Waals surface area contributed by atoms with Crippen molar-refractivity contribution in [2.45, 2.75) is 18.4 Å². The van der Waals surface area contributed by atoms with E-state index in [0.717, 1.165) is 28.7 Å². The van der Waals surface area contributed by atoms with E-state index in [1.54, 1.807) is 17.8 Å². The second kappa shape index (κ2) is 6.36. The molecule has 1 aromatic heterocycles. The summed E-state index contributed by atoms with van der Waals surface area (Å²) in [7, 11) is 1.62. The molecule has 0 spiro atoms. The highest BCUT2D eigenvalue weighted by Crippen LogP contribution is 2.57. The Bertz CT molecular complexity index is 1380. The molecule has 1 aliphatic heterocycles. The van der Waals surface area contributed by atoms with Gasteiger partial charge >= 0.3 is 0 Å². The number of halogens is 2. The van der Waals surface area contributed by atoms with Gasteiger partial charge in [0.1, 0.15) is 18.0 Å². The maximum Gasteiger partial charge on any atom is 0.277 e. The molecular weight excluding hydrogens is 433 g/mol. The van der Waals surface area contributed by atoms with Crippen molar-refractivity contribution in [2.75, 3.05) is 18.7 Å². The van der Waals surface area contributed by atoms with Gasteiger partial charge in [0.2, 0.25) is 5.43 Å². The molecule has 2 unspecified atom stereocenters. The van der Waals surface area contributed by atoms with Crippen LogP contribution >= 0.6 is 11.6 Å². The number of hydrogen-bond donors (Lipinski definition) is 1. The van der Waals surface area contributed by atoms with Crippen molar-refractivity contribution in [1.29, 1.82) is 0 Å². The van der Waals surface area contributed by atoms with E-state index in [9.17, 15) is 19.1 Å². The fourth-order valence-corrected chi connectivity index (χ4v) is 6.12. The number of aromatic nitrogens is 1. The number of pyridine rings is 1. The van der Waals surface area contributed by atoms with Crippen LogP contribution in [0.5, 0.6) is 5.75 Å². The van der Waals surface area contributed by atoms with Crippen LogP contribution < -0.4 is 10.4 Å². The fourth-order valence-electron chi connectivity index (χ4n) is 5.87. The Balaban J connectivity index is 1.72. The first-order chi connectivity index (χ1) is 15.3. The number of rotatable bonds is 1. The summed E-state index contributed by atoms with van der Waals surface area (Å²) in [5.74, 6) is -1.36. The first-order valence-electron chi connectivity index (χ1n) is 10.4. The minimum absolute atomic E-state index is 0.0326. The zero-order valence-electron chi connectivity index (χ0n) is 17.2. The zero-order chi connectivity index (χ0) is 22.4. The molecule has 8 heteroatoms. The van der Waals surface area contributed by atoms with Crippen LogP contribution in [0.15, 0.2) is 53.5 Å². The highest BCUT2D eigenvalue weighted by atomic mass is 35.5. The largest absolute Gasteiger partial charge is 0.502 e. The van der Waals surface area contributed by atoms with Gasteiger partial charge in [-0.25, -0.2) is 4.39 Å². The van der Waals surface area contributed by atoms with Crippen LogP contribution in [-0.2, 0) is 18.4 Å². The van der Waals surface area contributed by atoms with Gasteiger partial charge in [0, 0.05) is 30.3 Å². The Labute approximate surface area is 188 Å². The van der Waals surface area contributed by atoms with E-state index in [2.05, 4.69) is 0 Å². The van der Waals surface area contributed by atoms with Crippen molar-refractivity contribution in [2.24, 2.45) is 5.92 Å². The highest BCUT2D eigenvalue weighted by molar-refractivity contribution is 6.31. The molecule has 2 aliphatic carbocycles. The molecule has 0 radical (unpaired) electrons. The maximum atomic E-state index is 14.6. The molecule has 0 saturated heterocycles. The van der Waals surface area contributed by atoms with Crippen LogP contribution in [0.25, 0.3) is 0 Å². The molecule has 2 heterocycles. The van der Waals surface area contributed by atoms with Crippen LogP contribution in [-0.4, -0.2) is 34.3 Å². The van der Waals surface area contributed by atoms with Crippen molar-refractivity contribution in [3.8, 4) is 5.75 Å². The summed E-state index contributed by atoms with van der Waals surface area (Å²) in [6.45, 7) is 0.187. The molecule has 6 nitrogen and oxygen atoms in total. The Kier molecular flexibility index (Phi) is 3.85. The van der Waals surface area contributed by atoms with Gasteiger partial charge in [-0.15, -0.1) is 0 Å². The van der Waals surface area contributed by atoms with E-state index in [0.29, 0.717) is 11.4 Å². The first-order valence-corrected chi connectivity index (χ1v) is 10.8. The van der Waals surface area contributed by atoms with Crippen LogP contribution in [0.4, 0.5) is 4.39 Å². The van der Waals surface area contributed by atoms with Gasteiger partial charge in [0.15, 0.2) is 11.4 Å². The predicted molar refractivity (Wildman–Crippen MR) is 117 cm³/mol. The van der Waals surface area contributed by atoms with Gasteiger partial charge in [-0.2, -0.15) is 0 Å². The molecule has 3 aromatic rings. The van der Waals surface area contributed by atoms with E-state index in [1.807, 2.05) is 29.3 Å². The fraction of sp³-hybridized carbons (Fsp3) is 0.250. The summed E-state index contributed by atoms with van der Waals surface area (Å²) in [6, 6.07) is 11.8. The van der Waals surface area contributed by atoms with Crippen LogP contribution in [0.3, 0.4) is 0 Å². The smallest absolute Gasteiger partial charge is 0.277 e. The third-order valence-corrected chi connectivity index (χ3v) is 7.49. The van der Waals surface area contributed by atoms with E-state index >= 15 is 0 Å². The summed E-state index contributed by atoms with van der Waals surface area (Å²) >= 11 is 6.59. The second-order valence-electron chi connectivity index (χ2n) is 8.70. The molecule has 2 atom stereocenters. The Morgan fingerprint density at radius 2 is 1.94 bits per heavy atom. The number of nitrogens with zero attached hydrogens (tertiary/aromatic N) is 3. The zero-order valence-corrected chi connectivity index (χ0v) is 17.9. The number of amides is 1. The van der Waals surface area contributed by atoms with Gasteiger partial charge in [0.25, 0.3) is 5.91 Å². The van der Waals surface area contributed by atoms with E-state index in [-0.39, 0.29) is 24.1 Å². The average molecular weight is 452 g/mol. The molecule has 32 heavy (non-hydrogen) atoms. The predicted octanol–water partition coefficient (Wildman–Crippen LogP) is 3.00. The van der Waals surface area contributed by atoms with Gasteiger partial charge in [-0.1, -0.05) is 29.8 Å². The third kappa shape index (κ3) is 2.24. The average Bonchev–Trinajstić information content (AvgIpc) is 3.25. The number of fused-ring (bicyclic) bond motifs is 6. The molecular formula is C24H19ClFN3O3. The molecule has 0 bridgehead atoms. The molecule has 162 valence electrons. The van der Waals surface area contributed by atoms with Gasteiger partial charge in [-0.05, 0) is 53.3 Å². The minimum atomic E-state index is -0.817. The SMILES string of the molecule is CN1CN(C23c4cc(F)ccc4CC2Cc2c(Cl)cccc23)n2ccc(=O)c(O)c2C1=O. The van der Waals surface area contributed by atoms with E-state index in [1.165, 1.54) is 23.2 Å². The first kappa shape index (κ1) is 19.4. The summed E-state index contributed by atoms with van der Waals surface area (Å²) in [5.41, 5.74) is 2.26. The molecule has 3 aliphatic rings. The number of carbonyl (C=O) groups is 1. The normalized spacial score (nSPS) is 23.1. The Morgan fingerprint density at radius 1 is 1.12 bits per heavy atom. The standard InChI is InChI=1S/C24H19ClFN3O3/c1-27-12-29(28-8-7-20(30)22(31)21(28)23(27)32)24-14(9-13-5-6-15(26)11-18(13)24)10-16-17(24)3-2-4-19(16)25/h2-8,11,14,31H,9-10,12H2,1H3. The molecule has 6 rings (SSSR count). The van der Waals surface area contributed by atoms with Crippen LogP contribution in [0, 0.1) is 11.7 Å². The van der Waals surface area contributed by atoms with Crippen molar-refractivity contribution in [1.82, 2.24) is 9.58 Å². The van der Waals surface area contributed by atoms with Gasteiger partial charge in [0.05, 0.1) is 0 Å². The van der Waals surface area contributed by atoms with Gasteiger partial charge in [-0.3, -0.25) is 19.3 Å². The lowest BCUT2D eigenvalue weighted by Crippen LogP contribution is -2.62. The summed E-state index contributed by atoms with van der Waals surface area (Å²) < 4.78 is 16.1. The monoisotopic (exact) mass is 451 g/mol. The molecule has 1 N–H and O–H groups in total. The number of aromatic hydroxyl groups is 1. The topological polar surface area (TPSA) is 65.8 Å². The summed E-state index contributed by atoms with van der Waals surface area (Å²) in [4.78, 5) is 26.6. The summed E-state index contributed by atoms with van der Waals surface area (Å²) in [5, 5.41) is 13.1. The lowest BCUT2D eigenvalue weighted by Gasteiger charge is -2.50. The van der Waals surface area contributed by atoms with Crippen molar-refractivity contribution in [3.63, 3.8) is 0 Å². The van der Waals surface area contributed by atoms with Crippen molar-refractivity contribution >= 4 is 17.5 Å². The third-order valence-electron chi connectivity index (χ3n) is 7.14. The van der Waals surface area contributed by atoms with Crippen molar-refractivity contribution in [3.05, 3.63) is 97.7 Å². The second-order valence-corrected chi connectivity index (χ2v) is 9.11. The number of benzene rings is 2. The van der Waals surface area contributed by atoms with Crippen LogP contribution in [0.2, 0.25) is 5.02 Å². The van der Waals surface area contributed by atoms with Crippen LogP contribution in [0.1, 0.15) is 32.7 Å². The Hall–Kier alpha value is -3.32. The van der Waals surface area contributed by atoms with Gasteiger partial charge < -0.3 is 10.0 Å². The highest BCUT2D eigenvalue weighted by Gasteiger charge is 2.59. The Morgan fingerprint density at radius 3 is 2.75 bits per heavy atom. The maximum absolute atomic E-state index is 14.6. The molecule has 1 amide bonds. The number of carbonyl (C=O) groups excluding carboxylic acids is 1. The molecule has 0 saturated carbocycles. The number of hydrogen-bond acceptors (Lipinski definition) is 4. The lowest BCUT2D eigenvalue weighted by atomic mass is 9.81. The molecule has 2 aromatic carbocycles. The lowest BCUT2D eigenvalue weighted by molar-refractivity contribution is 0.0697.